The van der Waals surface area contributed by atoms with Crippen molar-refractivity contribution in [2.24, 2.45) is 0 Å². The second kappa shape index (κ2) is 8.72. The zero-order valence-electron chi connectivity index (χ0n) is 13.8. The molecule has 5 heteroatoms. The van der Waals surface area contributed by atoms with Gasteiger partial charge in [-0.25, -0.2) is 4.79 Å². The fourth-order valence-electron chi connectivity index (χ4n) is 1.91. The second-order valence-corrected chi connectivity index (χ2v) is 5.16. The highest BCUT2D eigenvalue weighted by Gasteiger charge is 2.07. The minimum absolute atomic E-state index is 0.0210. The zero-order chi connectivity index (χ0) is 17.4. The Hall–Kier alpha value is -2.82. The van der Waals surface area contributed by atoms with Crippen molar-refractivity contribution in [2.75, 3.05) is 13.2 Å². The first-order chi connectivity index (χ1) is 11.6. The van der Waals surface area contributed by atoms with Crippen molar-refractivity contribution >= 4 is 11.8 Å². The van der Waals surface area contributed by atoms with Crippen LogP contribution >= 0.6 is 0 Å². The molecule has 5 nitrogen and oxygen atoms in total. The monoisotopic (exact) mass is 328 g/mol. The molecule has 0 aliphatic rings. The first kappa shape index (κ1) is 17.5. The number of esters is 1. The van der Waals surface area contributed by atoms with E-state index < -0.39 is 5.97 Å². The Balaban J connectivity index is 1.81. The van der Waals surface area contributed by atoms with Gasteiger partial charge in [0.25, 0.3) is 0 Å². The highest BCUT2D eigenvalue weighted by molar-refractivity contribution is 5.94. The predicted molar refractivity (Wildman–Crippen MR) is 89.8 cm³/mol. The van der Waals surface area contributed by atoms with Gasteiger partial charge in [-0.05, 0) is 61.9 Å². The highest BCUT2D eigenvalue weighted by atomic mass is 16.6. The van der Waals surface area contributed by atoms with Crippen LogP contribution in [0.2, 0.25) is 0 Å². The van der Waals surface area contributed by atoms with E-state index in [1.165, 1.54) is 6.92 Å². The molecule has 24 heavy (non-hydrogen) atoms. The third kappa shape index (κ3) is 5.43. The first-order valence-corrected chi connectivity index (χ1v) is 7.76. The molecule has 0 saturated heterocycles. The van der Waals surface area contributed by atoms with Crippen LogP contribution in [0.15, 0.2) is 48.5 Å². The Kier molecular flexibility index (Phi) is 6.37. The van der Waals surface area contributed by atoms with Crippen molar-refractivity contribution in [3.05, 3.63) is 54.1 Å². The molecule has 0 radical (unpaired) electrons. The summed E-state index contributed by atoms with van der Waals surface area (Å²) in [6, 6.07) is 13.4. The molecule has 0 N–H and O–H groups in total. The van der Waals surface area contributed by atoms with Crippen LogP contribution < -0.4 is 14.2 Å². The van der Waals surface area contributed by atoms with Crippen LogP contribution in [-0.2, 0) is 4.79 Å². The largest absolute Gasteiger partial charge is 0.494 e. The SMILES string of the molecule is CCCOc1ccc(OC(=O)COc2ccc(C(C)=O)cc2)cc1. The van der Waals surface area contributed by atoms with E-state index in [2.05, 4.69) is 0 Å². The van der Waals surface area contributed by atoms with E-state index in [4.69, 9.17) is 14.2 Å². The summed E-state index contributed by atoms with van der Waals surface area (Å²) in [5.74, 6) is 1.14. The van der Waals surface area contributed by atoms with Crippen LogP contribution in [0.4, 0.5) is 0 Å². The number of carbonyl (C=O) groups is 2. The van der Waals surface area contributed by atoms with Gasteiger partial charge in [-0.2, -0.15) is 0 Å². The van der Waals surface area contributed by atoms with Gasteiger partial charge in [0.1, 0.15) is 17.2 Å². The summed E-state index contributed by atoms with van der Waals surface area (Å²) in [5.41, 5.74) is 0.593. The highest BCUT2D eigenvalue weighted by Crippen LogP contribution is 2.18. The number of rotatable bonds is 8. The molecule has 0 aliphatic carbocycles. The summed E-state index contributed by atoms with van der Waals surface area (Å²) >= 11 is 0. The number of Topliss-reactive ketones (excluding diaryl/α,β-unsaturated/α-hetero) is 1. The van der Waals surface area contributed by atoms with E-state index in [1.54, 1.807) is 48.5 Å². The Morgan fingerprint density at radius 3 is 1.96 bits per heavy atom. The van der Waals surface area contributed by atoms with Gasteiger partial charge in [-0.3, -0.25) is 4.79 Å². The number of ether oxygens (including phenoxy) is 3. The minimum Gasteiger partial charge on any atom is -0.494 e. The van der Waals surface area contributed by atoms with Crippen LogP contribution in [0, 0.1) is 0 Å². The molecule has 0 atom stereocenters. The van der Waals surface area contributed by atoms with Crippen LogP contribution in [0.25, 0.3) is 0 Å². The van der Waals surface area contributed by atoms with Gasteiger partial charge in [0.2, 0.25) is 0 Å². The van der Waals surface area contributed by atoms with Gasteiger partial charge >= 0.3 is 5.97 Å². The number of carbonyl (C=O) groups excluding carboxylic acids is 2. The fraction of sp³-hybridized carbons (Fsp3) is 0.263. The van der Waals surface area contributed by atoms with Gasteiger partial charge in [0, 0.05) is 5.56 Å². The zero-order valence-corrected chi connectivity index (χ0v) is 13.8. The van der Waals surface area contributed by atoms with Crippen molar-refractivity contribution in [1.82, 2.24) is 0 Å². The van der Waals surface area contributed by atoms with E-state index in [1.807, 2.05) is 6.92 Å². The topological polar surface area (TPSA) is 61.8 Å². The van der Waals surface area contributed by atoms with Gasteiger partial charge in [-0.1, -0.05) is 6.92 Å². The Labute approximate surface area is 141 Å². The lowest BCUT2D eigenvalue weighted by atomic mass is 10.1. The first-order valence-electron chi connectivity index (χ1n) is 7.76. The maximum Gasteiger partial charge on any atom is 0.349 e. The molecule has 0 aliphatic heterocycles. The summed E-state index contributed by atoms with van der Waals surface area (Å²) in [6.07, 6.45) is 0.932. The van der Waals surface area contributed by atoms with Crippen molar-refractivity contribution in [3.8, 4) is 17.2 Å². The average molecular weight is 328 g/mol. The van der Waals surface area contributed by atoms with Crippen LogP contribution in [0.3, 0.4) is 0 Å². The lowest BCUT2D eigenvalue weighted by Crippen LogP contribution is -2.17. The standard InChI is InChI=1S/C19H20O5/c1-3-12-22-16-8-10-18(11-9-16)24-19(21)13-23-17-6-4-15(5-7-17)14(2)20/h4-11H,3,12-13H2,1-2H3. The van der Waals surface area contributed by atoms with Crippen molar-refractivity contribution < 1.29 is 23.8 Å². The van der Waals surface area contributed by atoms with Gasteiger partial charge in [-0.15, -0.1) is 0 Å². The van der Waals surface area contributed by atoms with Crippen LogP contribution in [0.1, 0.15) is 30.6 Å². The molecule has 0 aromatic heterocycles. The molecule has 0 spiro atoms. The molecule has 126 valence electrons. The lowest BCUT2D eigenvalue weighted by molar-refractivity contribution is -0.136. The van der Waals surface area contributed by atoms with Gasteiger partial charge in [0.05, 0.1) is 6.61 Å². The number of ketones is 1. The van der Waals surface area contributed by atoms with E-state index >= 15 is 0 Å². The summed E-state index contributed by atoms with van der Waals surface area (Å²) in [6.45, 7) is 3.96. The summed E-state index contributed by atoms with van der Waals surface area (Å²) < 4.78 is 16.0. The number of hydrogen-bond acceptors (Lipinski definition) is 5. The molecule has 2 aromatic carbocycles. The summed E-state index contributed by atoms with van der Waals surface area (Å²) in [4.78, 5) is 23.0. The van der Waals surface area contributed by atoms with Crippen molar-refractivity contribution in [1.29, 1.82) is 0 Å². The van der Waals surface area contributed by atoms with Gasteiger partial charge < -0.3 is 14.2 Å². The summed E-state index contributed by atoms with van der Waals surface area (Å²) in [5, 5.41) is 0. The molecular formula is C19H20O5. The van der Waals surface area contributed by atoms with Crippen LogP contribution in [-0.4, -0.2) is 25.0 Å². The van der Waals surface area contributed by atoms with E-state index in [9.17, 15) is 9.59 Å². The molecule has 0 bridgehead atoms. The molecule has 0 fully saturated rings. The summed E-state index contributed by atoms with van der Waals surface area (Å²) in [7, 11) is 0. The molecule has 2 aromatic rings. The maximum atomic E-state index is 11.8. The second-order valence-electron chi connectivity index (χ2n) is 5.16. The molecule has 0 unspecified atom stereocenters. The third-order valence-electron chi connectivity index (χ3n) is 3.15. The van der Waals surface area contributed by atoms with E-state index in [0.717, 1.165) is 12.2 Å². The van der Waals surface area contributed by atoms with Crippen molar-refractivity contribution in [2.45, 2.75) is 20.3 Å². The fourth-order valence-corrected chi connectivity index (χ4v) is 1.91. The lowest BCUT2D eigenvalue weighted by Gasteiger charge is -2.08. The number of hydrogen-bond donors (Lipinski definition) is 0. The van der Waals surface area contributed by atoms with E-state index in [-0.39, 0.29) is 12.4 Å². The normalized spacial score (nSPS) is 10.1. The van der Waals surface area contributed by atoms with E-state index in [0.29, 0.717) is 23.7 Å². The van der Waals surface area contributed by atoms with Crippen LogP contribution in [0.5, 0.6) is 17.2 Å². The molecule has 0 amide bonds. The average Bonchev–Trinajstić information content (AvgIpc) is 2.59. The maximum absolute atomic E-state index is 11.8. The molecule has 0 saturated carbocycles. The smallest absolute Gasteiger partial charge is 0.349 e. The predicted octanol–water partition coefficient (Wildman–Crippen LogP) is 3.66. The Morgan fingerprint density at radius 1 is 0.833 bits per heavy atom. The molecular weight excluding hydrogens is 308 g/mol. The third-order valence-corrected chi connectivity index (χ3v) is 3.15. The molecule has 0 heterocycles. The van der Waals surface area contributed by atoms with Gasteiger partial charge in [0.15, 0.2) is 12.4 Å². The minimum atomic E-state index is -0.507. The Bertz CT molecular complexity index is 674. The Morgan fingerprint density at radius 2 is 1.38 bits per heavy atom. The van der Waals surface area contributed by atoms with Crippen molar-refractivity contribution in [3.63, 3.8) is 0 Å². The number of benzene rings is 2. The molecule has 2 rings (SSSR count). The quantitative estimate of drug-likeness (QED) is 0.420.